The summed E-state index contributed by atoms with van der Waals surface area (Å²) in [7, 11) is 2.84. The smallest absolute Gasteiger partial charge is 0.452 e. The molecule has 8 nitrogen and oxygen atoms in total. The van der Waals surface area contributed by atoms with Crippen molar-refractivity contribution >= 4 is 17.6 Å². The number of rotatable bonds is 5. The average molecular weight is 484 g/mol. The maximum Gasteiger partial charge on any atom is 0.452 e. The van der Waals surface area contributed by atoms with E-state index in [0.29, 0.717) is 11.3 Å². The van der Waals surface area contributed by atoms with E-state index in [9.17, 15) is 23.1 Å². The second kappa shape index (κ2) is 8.56. The van der Waals surface area contributed by atoms with Crippen molar-refractivity contribution in [3.8, 4) is 17.2 Å². The molecule has 0 saturated carbocycles. The number of alkyl halides is 3. The molecule has 33 heavy (non-hydrogen) atoms. The van der Waals surface area contributed by atoms with Crippen LogP contribution in [-0.2, 0) is 15.7 Å². The zero-order chi connectivity index (χ0) is 23.9. The molecule has 1 N–H and O–H groups in total. The fourth-order valence-electron chi connectivity index (χ4n) is 3.82. The van der Waals surface area contributed by atoms with E-state index in [4.69, 9.17) is 25.8 Å². The third-order valence-corrected chi connectivity index (χ3v) is 5.35. The highest BCUT2D eigenvalue weighted by atomic mass is 35.5. The molecule has 0 saturated heterocycles. The number of fused-ring (bicyclic) bond motifs is 3. The van der Waals surface area contributed by atoms with Crippen LogP contribution in [0.5, 0.6) is 11.5 Å². The molecule has 1 aliphatic rings. The molecular formula is C21H17ClF3N3O5. The SMILES string of the molecule is COc1cccc([C@H]2O[C@H](CC(=O)O)c3nnc(C(F)(F)F)n3-c3ccc(Cl)cc32)c1OC. The summed E-state index contributed by atoms with van der Waals surface area (Å²) in [5.74, 6) is -2.25. The minimum absolute atomic E-state index is 0.0505. The van der Waals surface area contributed by atoms with Crippen LogP contribution in [0.2, 0.25) is 5.02 Å². The summed E-state index contributed by atoms with van der Waals surface area (Å²) >= 11 is 6.20. The van der Waals surface area contributed by atoms with Crippen molar-refractivity contribution in [2.75, 3.05) is 14.2 Å². The zero-order valence-electron chi connectivity index (χ0n) is 17.3. The van der Waals surface area contributed by atoms with Gasteiger partial charge in [-0.15, -0.1) is 10.2 Å². The Bertz CT molecular complexity index is 1210. The number of hydrogen-bond donors (Lipinski definition) is 1. The first kappa shape index (κ1) is 22.9. The van der Waals surface area contributed by atoms with Crippen LogP contribution < -0.4 is 9.47 Å². The average Bonchev–Trinajstić information content (AvgIpc) is 3.16. The summed E-state index contributed by atoms with van der Waals surface area (Å²) in [6.07, 6.45) is -7.93. The van der Waals surface area contributed by atoms with Gasteiger partial charge in [0.25, 0.3) is 0 Å². The number of aromatic nitrogens is 3. The van der Waals surface area contributed by atoms with Crippen molar-refractivity contribution in [3.05, 3.63) is 64.2 Å². The van der Waals surface area contributed by atoms with E-state index in [1.807, 2.05) is 0 Å². The Kier molecular flexibility index (Phi) is 5.93. The Balaban J connectivity index is 2.04. The molecule has 0 fully saturated rings. The normalized spacial score (nSPS) is 17.6. The minimum Gasteiger partial charge on any atom is -0.493 e. The van der Waals surface area contributed by atoms with Gasteiger partial charge < -0.3 is 19.3 Å². The molecule has 0 radical (unpaired) electrons. The Morgan fingerprint density at radius 2 is 1.94 bits per heavy atom. The lowest BCUT2D eigenvalue weighted by atomic mass is 9.98. The van der Waals surface area contributed by atoms with Gasteiger partial charge in [0.2, 0.25) is 5.82 Å². The summed E-state index contributed by atoms with van der Waals surface area (Å²) in [5.41, 5.74) is 0.700. The largest absolute Gasteiger partial charge is 0.493 e. The molecule has 1 aromatic heterocycles. The lowest BCUT2D eigenvalue weighted by Crippen LogP contribution is -2.17. The number of halogens is 4. The quantitative estimate of drug-likeness (QED) is 0.567. The van der Waals surface area contributed by atoms with Gasteiger partial charge in [-0.3, -0.25) is 9.36 Å². The number of ether oxygens (including phenoxy) is 3. The van der Waals surface area contributed by atoms with Gasteiger partial charge in [0.15, 0.2) is 17.3 Å². The fraction of sp³-hybridized carbons (Fsp3) is 0.286. The summed E-state index contributed by atoms with van der Waals surface area (Å²) in [6.45, 7) is 0. The van der Waals surface area contributed by atoms with Crippen molar-refractivity contribution in [2.45, 2.75) is 24.8 Å². The Morgan fingerprint density at radius 1 is 1.18 bits per heavy atom. The van der Waals surface area contributed by atoms with Gasteiger partial charge in [0.1, 0.15) is 12.2 Å². The molecular weight excluding hydrogens is 467 g/mol. The molecule has 4 rings (SSSR count). The number of hydrogen-bond acceptors (Lipinski definition) is 6. The van der Waals surface area contributed by atoms with Crippen molar-refractivity contribution in [1.29, 1.82) is 0 Å². The van der Waals surface area contributed by atoms with E-state index in [1.54, 1.807) is 18.2 Å². The summed E-state index contributed by atoms with van der Waals surface area (Å²) in [6, 6.07) is 9.19. The van der Waals surface area contributed by atoms with Crippen LogP contribution in [0, 0.1) is 0 Å². The van der Waals surface area contributed by atoms with Crippen LogP contribution in [0.1, 0.15) is 41.4 Å². The van der Waals surface area contributed by atoms with Crippen molar-refractivity contribution in [2.24, 2.45) is 0 Å². The van der Waals surface area contributed by atoms with E-state index in [-0.39, 0.29) is 27.8 Å². The lowest BCUT2D eigenvalue weighted by Gasteiger charge is -2.24. The number of aliphatic carboxylic acids is 1. The van der Waals surface area contributed by atoms with Gasteiger partial charge in [-0.1, -0.05) is 23.7 Å². The number of carboxylic acid groups (broad SMARTS) is 1. The molecule has 1 aliphatic heterocycles. The van der Waals surface area contributed by atoms with Gasteiger partial charge in [0.05, 0.1) is 26.3 Å². The molecule has 0 bridgehead atoms. The van der Waals surface area contributed by atoms with E-state index in [0.717, 1.165) is 4.57 Å². The van der Waals surface area contributed by atoms with Gasteiger partial charge in [-0.2, -0.15) is 13.2 Å². The molecule has 2 heterocycles. The Hall–Kier alpha value is -3.31. The van der Waals surface area contributed by atoms with Crippen LogP contribution in [-0.4, -0.2) is 40.1 Å². The third-order valence-electron chi connectivity index (χ3n) is 5.12. The first-order valence-electron chi connectivity index (χ1n) is 9.56. The maximum atomic E-state index is 13.8. The predicted octanol–water partition coefficient (Wildman–Crippen LogP) is 4.59. The second-order valence-electron chi connectivity index (χ2n) is 7.10. The van der Waals surface area contributed by atoms with Gasteiger partial charge in [0, 0.05) is 16.1 Å². The first-order valence-corrected chi connectivity index (χ1v) is 9.94. The van der Waals surface area contributed by atoms with Crippen LogP contribution >= 0.6 is 11.6 Å². The molecule has 3 aromatic rings. The highest BCUT2D eigenvalue weighted by Gasteiger charge is 2.43. The van der Waals surface area contributed by atoms with Gasteiger partial charge >= 0.3 is 12.1 Å². The summed E-state index contributed by atoms with van der Waals surface area (Å²) in [4.78, 5) is 11.6. The summed E-state index contributed by atoms with van der Waals surface area (Å²) < 4.78 is 59.1. The molecule has 2 atom stereocenters. The number of benzene rings is 2. The van der Waals surface area contributed by atoms with E-state index in [2.05, 4.69) is 10.2 Å². The van der Waals surface area contributed by atoms with Crippen molar-refractivity contribution in [1.82, 2.24) is 14.8 Å². The van der Waals surface area contributed by atoms with E-state index < -0.39 is 36.6 Å². The number of para-hydroxylation sites is 1. The monoisotopic (exact) mass is 483 g/mol. The van der Waals surface area contributed by atoms with Crippen molar-refractivity contribution in [3.63, 3.8) is 0 Å². The van der Waals surface area contributed by atoms with E-state index in [1.165, 1.54) is 32.4 Å². The lowest BCUT2D eigenvalue weighted by molar-refractivity contribution is -0.146. The molecule has 174 valence electrons. The highest BCUT2D eigenvalue weighted by Crippen LogP contribution is 2.47. The van der Waals surface area contributed by atoms with Gasteiger partial charge in [-0.05, 0) is 24.3 Å². The molecule has 0 spiro atoms. The first-order chi connectivity index (χ1) is 15.7. The molecule has 0 aliphatic carbocycles. The highest BCUT2D eigenvalue weighted by molar-refractivity contribution is 6.30. The standard InChI is InChI=1S/C21H17ClF3N3O5/c1-31-14-5-3-4-11(18(14)32-2)17-12-8-10(22)6-7-13(12)28-19(15(33-17)9-16(29)30)26-27-20(28)21(23,24)25/h3-8,15,17H,9H2,1-2H3,(H,29,30)/t15-,17-/m1/s1. The van der Waals surface area contributed by atoms with Crippen LogP contribution in [0.25, 0.3) is 5.69 Å². The maximum absolute atomic E-state index is 13.8. The van der Waals surface area contributed by atoms with Gasteiger partial charge in [-0.25, -0.2) is 0 Å². The number of nitrogens with zero attached hydrogens (tertiary/aromatic N) is 3. The third kappa shape index (κ3) is 4.09. The van der Waals surface area contributed by atoms with Crippen molar-refractivity contribution < 1.29 is 37.3 Å². The minimum atomic E-state index is -4.86. The number of methoxy groups -OCH3 is 2. The topological polar surface area (TPSA) is 95.7 Å². The number of carboxylic acids is 1. The Labute approximate surface area is 190 Å². The fourth-order valence-corrected chi connectivity index (χ4v) is 4.00. The predicted molar refractivity (Wildman–Crippen MR) is 109 cm³/mol. The van der Waals surface area contributed by atoms with Crippen LogP contribution in [0.3, 0.4) is 0 Å². The van der Waals surface area contributed by atoms with Crippen LogP contribution in [0.4, 0.5) is 13.2 Å². The number of carbonyl (C=O) groups is 1. The summed E-state index contributed by atoms with van der Waals surface area (Å²) in [5, 5.41) is 16.6. The van der Waals surface area contributed by atoms with E-state index >= 15 is 0 Å². The molecule has 12 heteroatoms. The Morgan fingerprint density at radius 3 is 2.58 bits per heavy atom. The second-order valence-corrected chi connectivity index (χ2v) is 7.54. The van der Waals surface area contributed by atoms with Crippen LogP contribution in [0.15, 0.2) is 36.4 Å². The molecule has 0 unspecified atom stereocenters. The zero-order valence-corrected chi connectivity index (χ0v) is 18.0. The molecule has 2 aromatic carbocycles. The molecule has 0 amide bonds.